The molecule has 0 heterocycles. The van der Waals surface area contributed by atoms with Gasteiger partial charge in [-0.05, 0) is 193 Å². The predicted octanol–water partition coefficient (Wildman–Crippen LogP) is 25.8. The Hall–Kier alpha value is -6.44. The predicted molar refractivity (Wildman–Crippen MR) is 379 cm³/mol. The number of fused-ring (bicyclic) bond motifs is 3. The maximum Gasteiger partial charge on any atom is 0.0714 e. The molecule has 0 aliphatic heterocycles. The quantitative estimate of drug-likeness (QED) is 0.111. The van der Waals surface area contributed by atoms with Gasteiger partial charge in [-0.1, -0.05) is 310 Å². The first-order valence-electron chi connectivity index (χ1n) is 35.5. The molecule has 3 fully saturated rings. The Morgan fingerprint density at radius 1 is 0.352 bits per heavy atom. The lowest BCUT2D eigenvalue weighted by molar-refractivity contribution is 0.334. The molecule has 1 nitrogen and oxygen atoms in total. The molecule has 0 saturated heterocycles. The van der Waals surface area contributed by atoms with E-state index in [2.05, 4.69) is 249 Å². The second-order valence-electron chi connectivity index (χ2n) is 30.0. The van der Waals surface area contributed by atoms with Gasteiger partial charge in [-0.15, -0.1) is 0 Å². The Bertz CT molecular complexity index is 3450. The van der Waals surface area contributed by atoms with E-state index < -0.39 is 5.41 Å². The van der Waals surface area contributed by atoms with E-state index in [4.69, 9.17) is 0 Å². The first-order valence-corrected chi connectivity index (χ1v) is 35.5. The molecule has 88 heavy (non-hydrogen) atoms. The zero-order valence-electron chi connectivity index (χ0n) is 55.6. The summed E-state index contributed by atoms with van der Waals surface area (Å²) in [6.07, 6.45) is 28.8. The Morgan fingerprint density at radius 3 is 1.25 bits per heavy atom. The van der Waals surface area contributed by atoms with E-state index in [0.29, 0.717) is 17.8 Å². The van der Waals surface area contributed by atoms with Crippen molar-refractivity contribution in [2.45, 2.75) is 231 Å². The SMILES string of the molecule is CCC1CCCC(c2cc(-c3ccc(N(c4ccc5c(c4)C(c4ccc(C(C)(C)C)cc4)(c4ccc(C(C)(C)C)cc4)c4ccccc4-5)c4ccccc4-c4ccccc4)cc3)cc(C3CCCC(CC)CCC3)c2C2CCCC(CC)CCC2)CCC1. The van der Waals surface area contributed by atoms with E-state index in [1.165, 1.54) is 213 Å². The topological polar surface area (TPSA) is 3.24 Å². The Labute approximate surface area is 533 Å². The van der Waals surface area contributed by atoms with Gasteiger partial charge in [0, 0.05) is 16.9 Å². The van der Waals surface area contributed by atoms with Crippen molar-refractivity contribution in [1.29, 1.82) is 0 Å². The molecule has 0 unspecified atom stereocenters. The summed E-state index contributed by atoms with van der Waals surface area (Å²) in [4.78, 5) is 2.58. The summed E-state index contributed by atoms with van der Waals surface area (Å²) in [5.74, 6) is 4.63. The third-order valence-electron chi connectivity index (χ3n) is 22.6. The lowest BCUT2D eigenvalue weighted by atomic mass is 9.67. The van der Waals surface area contributed by atoms with E-state index in [1.807, 2.05) is 5.56 Å². The third kappa shape index (κ3) is 12.7. The molecule has 8 aromatic rings. The zero-order valence-corrected chi connectivity index (χ0v) is 55.6. The van der Waals surface area contributed by atoms with Gasteiger partial charge in [-0.25, -0.2) is 0 Å². The average molecular weight is 1160 g/mol. The summed E-state index contributed by atoms with van der Waals surface area (Å²) >= 11 is 0. The van der Waals surface area contributed by atoms with Gasteiger partial charge in [0.05, 0.1) is 11.1 Å². The number of rotatable bonds is 13. The van der Waals surface area contributed by atoms with E-state index in [1.54, 1.807) is 11.1 Å². The lowest BCUT2D eigenvalue weighted by Crippen LogP contribution is -2.29. The van der Waals surface area contributed by atoms with E-state index in [9.17, 15) is 0 Å². The second-order valence-corrected chi connectivity index (χ2v) is 30.0. The van der Waals surface area contributed by atoms with Gasteiger partial charge in [-0.2, -0.15) is 0 Å². The number of para-hydroxylation sites is 1. The fourth-order valence-corrected chi connectivity index (χ4v) is 17.3. The molecule has 0 aromatic heterocycles. The minimum absolute atomic E-state index is 0.0290. The molecule has 0 atom stereocenters. The van der Waals surface area contributed by atoms with Gasteiger partial charge in [0.25, 0.3) is 0 Å². The third-order valence-corrected chi connectivity index (χ3v) is 22.6. The van der Waals surface area contributed by atoms with Crippen LogP contribution in [-0.4, -0.2) is 0 Å². The fraction of sp³-hybridized carbons (Fsp3) is 0.448. The van der Waals surface area contributed by atoms with Crippen molar-refractivity contribution in [1.82, 2.24) is 0 Å². The molecule has 0 N–H and O–H groups in total. The van der Waals surface area contributed by atoms with Gasteiger partial charge < -0.3 is 4.90 Å². The maximum atomic E-state index is 2.79. The summed E-state index contributed by atoms with van der Waals surface area (Å²) in [7, 11) is 0. The van der Waals surface area contributed by atoms with Gasteiger partial charge >= 0.3 is 0 Å². The van der Waals surface area contributed by atoms with Crippen LogP contribution in [0.1, 0.15) is 265 Å². The largest absolute Gasteiger partial charge is 0.310 e. The molecule has 0 amide bonds. The summed E-state index contributed by atoms with van der Waals surface area (Å²) in [6, 6.07) is 71.8. The number of hydrogen-bond donors (Lipinski definition) is 0. The highest BCUT2D eigenvalue weighted by molar-refractivity contribution is 5.92. The molecule has 458 valence electrons. The van der Waals surface area contributed by atoms with Crippen LogP contribution in [0, 0.1) is 17.8 Å². The summed E-state index contributed by atoms with van der Waals surface area (Å²) in [6.45, 7) is 21.3. The van der Waals surface area contributed by atoms with Gasteiger partial charge in [0.2, 0.25) is 0 Å². The molecule has 4 aliphatic rings. The van der Waals surface area contributed by atoms with Gasteiger partial charge in [0.15, 0.2) is 0 Å². The molecule has 4 aliphatic carbocycles. The number of benzene rings is 8. The van der Waals surface area contributed by atoms with Crippen LogP contribution in [0.2, 0.25) is 0 Å². The smallest absolute Gasteiger partial charge is 0.0714 e. The highest BCUT2D eigenvalue weighted by atomic mass is 15.1. The van der Waals surface area contributed by atoms with Crippen LogP contribution in [0.15, 0.2) is 182 Å². The van der Waals surface area contributed by atoms with Crippen molar-refractivity contribution >= 4 is 17.1 Å². The fourth-order valence-electron chi connectivity index (χ4n) is 17.3. The normalized spacial score (nSPS) is 21.8. The number of anilines is 3. The van der Waals surface area contributed by atoms with Gasteiger partial charge in [-0.3, -0.25) is 0 Å². The monoisotopic (exact) mass is 1160 g/mol. The van der Waals surface area contributed by atoms with Crippen LogP contribution in [-0.2, 0) is 16.2 Å². The molecule has 0 bridgehead atoms. The van der Waals surface area contributed by atoms with Crippen molar-refractivity contribution in [2.75, 3.05) is 4.90 Å². The highest BCUT2D eigenvalue weighted by Crippen LogP contribution is 2.58. The van der Waals surface area contributed by atoms with E-state index >= 15 is 0 Å². The van der Waals surface area contributed by atoms with Crippen LogP contribution in [0.5, 0.6) is 0 Å². The number of hydrogen-bond acceptors (Lipinski definition) is 1. The minimum atomic E-state index is -0.568. The first kappa shape index (κ1) is 61.8. The Balaban J connectivity index is 1.03. The Kier molecular flexibility index (Phi) is 18.9. The van der Waals surface area contributed by atoms with Crippen molar-refractivity contribution in [2.24, 2.45) is 17.8 Å². The summed E-state index contributed by atoms with van der Waals surface area (Å²) < 4.78 is 0. The van der Waals surface area contributed by atoms with E-state index in [-0.39, 0.29) is 10.8 Å². The molecular weight excluding hydrogens is 1060 g/mol. The van der Waals surface area contributed by atoms with Crippen LogP contribution < -0.4 is 4.90 Å². The van der Waals surface area contributed by atoms with Crippen molar-refractivity contribution in [3.63, 3.8) is 0 Å². The first-order chi connectivity index (χ1) is 42.8. The van der Waals surface area contributed by atoms with Crippen LogP contribution >= 0.6 is 0 Å². The van der Waals surface area contributed by atoms with Crippen molar-refractivity contribution in [3.8, 4) is 33.4 Å². The zero-order chi connectivity index (χ0) is 61.0. The molecule has 0 spiro atoms. The maximum absolute atomic E-state index is 2.79. The second kappa shape index (κ2) is 26.9. The molecule has 3 saturated carbocycles. The highest BCUT2D eigenvalue weighted by Gasteiger charge is 2.47. The summed E-state index contributed by atoms with van der Waals surface area (Å²) in [5.41, 5.74) is 24.2. The van der Waals surface area contributed by atoms with E-state index in [0.717, 1.165) is 23.4 Å². The average Bonchev–Trinajstić information content (AvgIpc) is 1.53. The molecule has 0 radical (unpaired) electrons. The molecule has 1 heteroatoms. The Morgan fingerprint density at radius 2 is 0.773 bits per heavy atom. The lowest BCUT2D eigenvalue weighted by Gasteiger charge is -2.36. The molecule has 8 aromatic carbocycles. The van der Waals surface area contributed by atoms with Crippen LogP contribution in [0.4, 0.5) is 17.1 Å². The van der Waals surface area contributed by atoms with Crippen LogP contribution in [0.25, 0.3) is 33.4 Å². The molecular formula is C87H105N. The van der Waals surface area contributed by atoms with Gasteiger partial charge in [0.1, 0.15) is 0 Å². The summed E-state index contributed by atoms with van der Waals surface area (Å²) in [5, 5.41) is 0. The van der Waals surface area contributed by atoms with Crippen molar-refractivity contribution in [3.05, 3.63) is 232 Å². The van der Waals surface area contributed by atoms with Crippen LogP contribution in [0.3, 0.4) is 0 Å². The standard InChI is InChI=1S/C87H105N/c1-10-61-26-20-34-66(35-21-27-61)79-58-69(59-80(67-36-22-28-62(11-2)29-23-37-67)84(79)68-38-24-30-63(12-3)31-25-39-68)64-44-54-74(55-45-64)88(83-43-19-17-40-76(83)65-32-14-13-15-33-65)75-56-57-78-77-41-16-18-42-81(77)87(82(78)60-75,72-50-46-70(47-51-72)85(4,5)6)73-52-48-71(49-53-73)86(7,8)9/h13-19,32-33,40-63,66-68H,10-12,20-31,34-39H2,1-9H3. The minimum Gasteiger partial charge on any atom is -0.310 e. The number of nitrogens with zero attached hydrogens (tertiary/aromatic N) is 1. The van der Waals surface area contributed by atoms with Crippen molar-refractivity contribution < 1.29 is 0 Å². The molecule has 12 rings (SSSR count).